The zero-order valence-electron chi connectivity index (χ0n) is 14.1. The number of nitrogens with zero attached hydrogens (tertiary/aromatic N) is 2. The van der Waals surface area contributed by atoms with Gasteiger partial charge in [0.15, 0.2) is 0 Å². The molecule has 2 aromatic rings. The first-order valence-electron chi connectivity index (χ1n) is 7.67. The van der Waals surface area contributed by atoms with Crippen LogP contribution in [0.3, 0.4) is 0 Å². The lowest BCUT2D eigenvalue weighted by Gasteiger charge is -2.19. The van der Waals surface area contributed by atoms with E-state index in [4.69, 9.17) is 0 Å². The van der Waals surface area contributed by atoms with Gasteiger partial charge in [0.1, 0.15) is 11.4 Å². The molecule has 0 aliphatic carbocycles. The summed E-state index contributed by atoms with van der Waals surface area (Å²) in [6.45, 7) is -0.0306. The maximum Gasteiger partial charge on any atom is 0.330 e. The van der Waals surface area contributed by atoms with Gasteiger partial charge < -0.3 is 10.2 Å². The fourth-order valence-corrected chi connectivity index (χ4v) is 4.80. The molecule has 0 radical (unpaired) electrons. The Kier molecular flexibility index (Phi) is 4.76. The van der Waals surface area contributed by atoms with Crippen LogP contribution >= 0.6 is 0 Å². The lowest BCUT2D eigenvalue weighted by Crippen LogP contribution is -2.29. The summed E-state index contributed by atoms with van der Waals surface area (Å²) >= 11 is 0. The van der Waals surface area contributed by atoms with Crippen molar-refractivity contribution in [1.29, 1.82) is 0 Å². The Bertz CT molecular complexity index is 1100. The van der Waals surface area contributed by atoms with Gasteiger partial charge in [0.05, 0.1) is 11.1 Å². The molecular weight excluding hydrogens is 394 g/mol. The van der Waals surface area contributed by atoms with E-state index < -0.39 is 26.1 Å². The highest BCUT2D eigenvalue weighted by atomic mass is 32.2. The number of benzene rings is 2. The highest BCUT2D eigenvalue weighted by Gasteiger charge is 2.30. The number of hydrogen-bond acceptors (Lipinski definition) is 6. The summed E-state index contributed by atoms with van der Waals surface area (Å²) in [5.41, 5.74) is 0.375. The number of nitrogens with one attached hydrogen (secondary N) is 1. The van der Waals surface area contributed by atoms with Crippen LogP contribution in [-0.2, 0) is 26.8 Å². The first-order chi connectivity index (χ1) is 12.6. The highest BCUT2D eigenvalue weighted by molar-refractivity contribution is 7.91. The van der Waals surface area contributed by atoms with Crippen LogP contribution in [0, 0.1) is 0 Å². The third kappa shape index (κ3) is 3.70. The Labute approximate surface area is 157 Å². The van der Waals surface area contributed by atoms with Gasteiger partial charge in [-0.1, -0.05) is 24.3 Å². The molecule has 0 spiro atoms. The van der Waals surface area contributed by atoms with Gasteiger partial charge in [0.25, 0.3) is 0 Å². The molecule has 3 N–H and O–H groups in total. The van der Waals surface area contributed by atoms with Crippen LogP contribution in [-0.4, -0.2) is 38.4 Å². The van der Waals surface area contributed by atoms with E-state index in [9.17, 15) is 27.0 Å². The molecule has 9 nitrogen and oxygen atoms in total. The van der Waals surface area contributed by atoms with Gasteiger partial charge in [-0.05, 0) is 29.8 Å². The van der Waals surface area contributed by atoms with Gasteiger partial charge in [0.2, 0.25) is 15.9 Å². The Morgan fingerprint density at radius 1 is 1.11 bits per heavy atom. The fraction of sp³-hybridized carbons (Fsp3) is 0.125. The molecule has 2 aromatic carbocycles. The SMILES string of the molecule is CN(Cc1ccc(N2C=C(O)NS2(=O)=O)c(O)c1)S(=O)(=O)c1ccccc1. The molecule has 1 aliphatic heterocycles. The molecule has 0 amide bonds. The van der Waals surface area contributed by atoms with E-state index in [1.807, 2.05) is 4.72 Å². The number of phenols is 1. The molecule has 0 aromatic heterocycles. The molecule has 144 valence electrons. The van der Waals surface area contributed by atoms with Crippen molar-refractivity contribution in [2.75, 3.05) is 11.4 Å². The third-order valence-electron chi connectivity index (χ3n) is 3.87. The average molecular weight is 411 g/mol. The predicted octanol–water partition coefficient (Wildman–Crippen LogP) is 1.22. The average Bonchev–Trinajstić information content (AvgIpc) is 2.88. The second-order valence-electron chi connectivity index (χ2n) is 5.81. The van der Waals surface area contributed by atoms with E-state index in [0.717, 1.165) is 10.5 Å². The van der Waals surface area contributed by atoms with Crippen molar-refractivity contribution in [3.8, 4) is 5.75 Å². The summed E-state index contributed by atoms with van der Waals surface area (Å²) in [5.74, 6) is -0.957. The molecule has 0 saturated carbocycles. The molecule has 0 bridgehead atoms. The molecule has 0 saturated heterocycles. The van der Waals surface area contributed by atoms with E-state index in [1.165, 1.54) is 37.4 Å². The van der Waals surface area contributed by atoms with E-state index in [1.54, 1.807) is 18.2 Å². The minimum absolute atomic E-state index is 0.0306. The van der Waals surface area contributed by atoms with Crippen LogP contribution in [0.4, 0.5) is 5.69 Å². The van der Waals surface area contributed by atoms with E-state index >= 15 is 0 Å². The normalized spacial score (nSPS) is 16.2. The molecular formula is C16H17N3O6S2. The number of phenolic OH excluding ortho intramolecular Hbond substituents is 1. The Balaban J connectivity index is 1.85. The summed E-state index contributed by atoms with van der Waals surface area (Å²) in [4.78, 5) is 0.142. The zero-order valence-corrected chi connectivity index (χ0v) is 15.8. The summed E-state index contributed by atoms with van der Waals surface area (Å²) in [6.07, 6.45) is 0.913. The lowest BCUT2D eigenvalue weighted by atomic mass is 10.2. The molecule has 11 heteroatoms. The van der Waals surface area contributed by atoms with Gasteiger partial charge in [0, 0.05) is 13.6 Å². The van der Waals surface area contributed by atoms with Crippen molar-refractivity contribution in [2.24, 2.45) is 0 Å². The Morgan fingerprint density at radius 3 is 2.33 bits per heavy atom. The van der Waals surface area contributed by atoms with Crippen molar-refractivity contribution < 1.29 is 27.0 Å². The largest absolute Gasteiger partial charge is 0.506 e. The monoisotopic (exact) mass is 411 g/mol. The maximum absolute atomic E-state index is 12.6. The topological polar surface area (TPSA) is 127 Å². The second-order valence-corrected chi connectivity index (χ2v) is 9.41. The highest BCUT2D eigenvalue weighted by Crippen LogP contribution is 2.33. The van der Waals surface area contributed by atoms with E-state index in [2.05, 4.69) is 0 Å². The summed E-state index contributed by atoms with van der Waals surface area (Å²) < 4.78 is 52.5. The molecule has 0 unspecified atom stereocenters. The van der Waals surface area contributed by atoms with Crippen LogP contribution in [0.5, 0.6) is 5.75 Å². The third-order valence-corrected chi connectivity index (χ3v) is 6.97. The second kappa shape index (κ2) is 6.76. The lowest BCUT2D eigenvalue weighted by molar-refractivity contribution is 0.392. The van der Waals surface area contributed by atoms with Crippen molar-refractivity contribution in [1.82, 2.24) is 9.03 Å². The number of aliphatic hydroxyl groups is 1. The molecule has 3 rings (SSSR count). The van der Waals surface area contributed by atoms with Gasteiger partial charge in [-0.2, -0.15) is 12.7 Å². The summed E-state index contributed by atoms with van der Waals surface area (Å²) in [7, 11) is -6.34. The van der Waals surface area contributed by atoms with E-state index in [-0.39, 0.29) is 22.9 Å². The van der Waals surface area contributed by atoms with Crippen LogP contribution < -0.4 is 9.03 Å². The molecule has 27 heavy (non-hydrogen) atoms. The predicted molar refractivity (Wildman–Crippen MR) is 98.4 cm³/mol. The Hall–Kier alpha value is -2.76. The summed E-state index contributed by atoms with van der Waals surface area (Å²) in [5, 5.41) is 19.5. The minimum Gasteiger partial charge on any atom is -0.506 e. The summed E-state index contributed by atoms with van der Waals surface area (Å²) in [6, 6.07) is 12.0. The van der Waals surface area contributed by atoms with Crippen molar-refractivity contribution >= 4 is 25.9 Å². The number of sulfonamides is 1. The number of aliphatic hydroxyl groups excluding tert-OH is 1. The van der Waals surface area contributed by atoms with Crippen LogP contribution in [0.25, 0.3) is 0 Å². The Morgan fingerprint density at radius 2 is 1.78 bits per heavy atom. The van der Waals surface area contributed by atoms with Crippen molar-refractivity contribution in [2.45, 2.75) is 11.4 Å². The molecule has 1 heterocycles. The standard InChI is InChI=1S/C16H17N3O6S2/c1-18(26(22,23)13-5-3-2-4-6-13)10-12-7-8-14(15(20)9-12)19-11-16(21)17-27(19,24)25/h2-9,11,17,20-21H,10H2,1H3. The number of hydrogen-bond donors (Lipinski definition) is 3. The van der Waals surface area contributed by atoms with Gasteiger partial charge in [-0.3, -0.25) is 0 Å². The van der Waals surface area contributed by atoms with Crippen LogP contribution in [0.2, 0.25) is 0 Å². The molecule has 1 aliphatic rings. The maximum atomic E-state index is 12.6. The smallest absolute Gasteiger partial charge is 0.330 e. The van der Waals surface area contributed by atoms with Crippen LogP contribution in [0.15, 0.2) is 65.5 Å². The minimum atomic E-state index is -4.03. The first-order valence-corrected chi connectivity index (χ1v) is 10.6. The number of aromatic hydroxyl groups is 1. The van der Waals surface area contributed by atoms with Crippen molar-refractivity contribution in [3.05, 3.63) is 66.2 Å². The molecule has 0 fully saturated rings. The van der Waals surface area contributed by atoms with Gasteiger partial charge >= 0.3 is 10.2 Å². The van der Waals surface area contributed by atoms with E-state index in [0.29, 0.717) is 9.87 Å². The molecule has 0 atom stereocenters. The van der Waals surface area contributed by atoms with Gasteiger partial charge in [-0.15, -0.1) is 0 Å². The quantitative estimate of drug-likeness (QED) is 0.679. The van der Waals surface area contributed by atoms with Crippen LogP contribution in [0.1, 0.15) is 5.56 Å². The van der Waals surface area contributed by atoms with Gasteiger partial charge in [-0.25, -0.2) is 17.4 Å². The zero-order chi connectivity index (χ0) is 19.8. The number of rotatable bonds is 5. The first kappa shape index (κ1) is 19.0. The number of anilines is 1. The van der Waals surface area contributed by atoms with Crippen molar-refractivity contribution in [3.63, 3.8) is 0 Å². The fourth-order valence-electron chi connectivity index (χ4n) is 2.56.